The van der Waals surface area contributed by atoms with Crippen molar-refractivity contribution in [2.24, 2.45) is 0 Å². The molecule has 2 aliphatic heterocycles. The highest BCUT2D eigenvalue weighted by atomic mass is 16.5. The summed E-state index contributed by atoms with van der Waals surface area (Å²) in [5.41, 5.74) is 0.586. The summed E-state index contributed by atoms with van der Waals surface area (Å²) in [6, 6.07) is 5.39. The van der Waals surface area contributed by atoms with E-state index in [0.29, 0.717) is 76.2 Å². The minimum atomic E-state index is -0.0383. The fourth-order valence-electron chi connectivity index (χ4n) is 3.69. The van der Waals surface area contributed by atoms with Gasteiger partial charge in [-0.25, -0.2) is 0 Å². The van der Waals surface area contributed by atoms with Crippen LogP contribution in [0.1, 0.15) is 37.0 Å². The lowest BCUT2D eigenvalue weighted by Crippen LogP contribution is -2.53. The minimum absolute atomic E-state index is 0.0383. The summed E-state index contributed by atoms with van der Waals surface area (Å²) >= 11 is 0. The first-order valence-electron chi connectivity index (χ1n) is 11.4. The summed E-state index contributed by atoms with van der Waals surface area (Å²) in [5.74, 6) is 1.37. The van der Waals surface area contributed by atoms with Crippen LogP contribution in [0.4, 0.5) is 0 Å². The lowest BCUT2D eigenvalue weighted by atomic mass is 10.1. The van der Waals surface area contributed by atoms with Crippen molar-refractivity contribution >= 4 is 11.8 Å². The summed E-state index contributed by atoms with van der Waals surface area (Å²) in [6.07, 6.45) is 1.79. The molecule has 0 saturated carbocycles. The zero-order chi connectivity index (χ0) is 22.1. The van der Waals surface area contributed by atoms with Crippen LogP contribution in [0.15, 0.2) is 18.2 Å². The molecule has 1 aromatic rings. The fraction of sp³-hybridized carbons (Fsp3) is 0.652. The highest BCUT2D eigenvalue weighted by molar-refractivity contribution is 5.95. The van der Waals surface area contributed by atoms with Crippen LogP contribution in [-0.2, 0) is 9.53 Å². The van der Waals surface area contributed by atoms with Crippen molar-refractivity contribution < 1.29 is 23.8 Å². The monoisotopic (exact) mass is 433 g/mol. The zero-order valence-corrected chi connectivity index (χ0v) is 18.8. The quantitative estimate of drug-likeness (QED) is 0.592. The number of hydrogen-bond donors (Lipinski definition) is 0. The molecular weight excluding hydrogens is 398 g/mol. The van der Waals surface area contributed by atoms with Crippen molar-refractivity contribution in [3.05, 3.63) is 23.8 Å². The Morgan fingerprint density at radius 2 is 1.48 bits per heavy atom. The third kappa shape index (κ3) is 6.58. The van der Waals surface area contributed by atoms with Crippen molar-refractivity contribution in [3.8, 4) is 11.5 Å². The molecule has 2 heterocycles. The molecule has 2 fully saturated rings. The molecule has 0 spiro atoms. The van der Waals surface area contributed by atoms with Gasteiger partial charge in [-0.2, -0.15) is 0 Å². The third-order valence-corrected chi connectivity index (χ3v) is 5.50. The summed E-state index contributed by atoms with van der Waals surface area (Å²) in [5, 5.41) is 0. The first-order chi connectivity index (χ1) is 15.1. The van der Waals surface area contributed by atoms with Crippen molar-refractivity contribution in [1.82, 2.24) is 14.7 Å². The highest BCUT2D eigenvalue weighted by Gasteiger charge is 2.26. The van der Waals surface area contributed by atoms with E-state index in [2.05, 4.69) is 11.8 Å². The Hall–Kier alpha value is -2.32. The van der Waals surface area contributed by atoms with Gasteiger partial charge in [0, 0.05) is 44.8 Å². The number of benzene rings is 1. The average molecular weight is 434 g/mol. The Bertz CT molecular complexity index is 728. The molecule has 172 valence electrons. The largest absolute Gasteiger partial charge is 0.490 e. The average Bonchev–Trinajstić information content (AvgIpc) is 2.82. The molecule has 0 radical (unpaired) electrons. The van der Waals surface area contributed by atoms with E-state index in [0.717, 1.165) is 25.9 Å². The van der Waals surface area contributed by atoms with Crippen LogP contribution >= 0.6 is 0 Å². The molecule has 2 amide bonds. The normalized spacial score (nSPS) is 17.5. The highest BCUT2D eigenvalue weighted by Crippen LogP contribution is 2.29. The second-order valence-corrected chi connectivity index (χ2v) is 7.92. The van der Waals surface area contributed by atoms with Crippen molar-refractivity contribution in [2.45, 2.75) is 26.7 Å². The van der Waals surface area contributed by atoms with Crippen molar-refractivity contribution in [3.63, 3.8) is 0 Å². The molecule has 2 saturated heterocycles. The lowest BCUT2D eigenvalue weighted by Gasteiger charge is -2.36. The topological polar surface area (TPSA) is 71.6 Å². The molecule has 0 aliphatic carbocycles. The van der Waals surface area contributed by atoms with Gasteiger partial charge in [-0.1, -0.05) is 13.8 Å². The Morgan fingerprint density at radius 3 is 2.13 bits per heavy atom. The molecular formula is C23H35N3O5. The van der Waals surface area contributed by atoms with Crippen molar-refractivity contribution in [2.75, 3.05) is 72.2 Å². The summed E-state index contributed by atoms with van der Waals surface area (Å²) < 4.78 is 16.9. The van der Waals surface area contributed by atoms with Gasteiger partial charge in [-0.3, -0.25) is 14.5 Å². The Morgan fingerprint density at radius 1 is 0.871 bits per heavy atom. The van der Waals surface area contributed by atoms with Gasteiger partial charge >= 0.3 is 0 Å². The van der Waals surface area contributed by atoms with E-state index < -0.39 is 0 Å². The fourth-order valence-corrected chi connectivity index (χ4v) is 3.69. The number of morpholine rings is 1. The summed E-state index contributed by atoms with van der Waals surface area (Å²) in [7, 11) is 0. The third-order valence-electron chi connectivity index (χ3n) is 5.50. The maximum atomic E-state index is 13.0. The van der Waals surface area contributed by atoms with Crippen LogP contribution in [0.3, 0.4) is 0 Å². The first kappa shape index (κ1) is 23.3. The standard InChI is InChI=1S/C23H35N3O5/c1-3-13-30-20-6-5-19(17-21(20)31-14-4-2)23(28)26-9-7-25(8-10-26)22(27)18-24-11-15-29-16-12-24/h5-6,17H,3-4,7-16,18H2,1-2H3. The molecule has 2 aliphatic rings. The number of ether oxygens (including phenoxy) is 3. The van der Waals surface area contributed by atoms with E-state index in [1.54, 1.807) is 12.1 Å². The lowest BCUT2D eigenvalue weighted by molar-refractivity contribution is -0.134. The zero-order valence-electron chi connectivity index (χ0n) is 18.8. The Kier molecular flexibility index (Phi) is 8.97. The molecule has 31 heavy (non-hydrogen) atoms. The van der Waals surface area contributed by atoms with E-state index in [-0.39, 0.29) is 11.8 Å². The Labute approximate surface area is 185 Å². The number of rotatable bonds is 9. The predicted octanol–water partition coefficient (Wildman–Crippen LogP) is 1.88. The summed E-state index contributed by atoms with van der Waals surface area (Å²) in [4.78, 5) is 31.4. The van der Waals surface area contributed by atoms with Crippen LogP contribution in [0, 0.1) is 0 Å². The van der Waals surface area contributed by atoms with E-state index in [1.165, 1.54) is 0 Å². The molecule has 0 atom stereocenters. The second kappa shape index (κ2) is 11.9. The van der Waals surface area contributed by atoms with Gasteiger partial charge < -0.3 is 24.0 Å². The van der Waals surface area contributed by atoms with Gasteiger partial charge in [0.25, 0.3) is 5.91 Å². The van der Waals surface area contributed by atoms with E-state index in [1.807, 2.05) is 22.8 Å². The van der Waals surface area contributed by atoms with E-state index >= 15 is 0 Å². The van der Waals surface area contributed by atoms with Crippen LogP contribution < -0.4 is 9.47 Å². The van der Waals surface area contributed by atoms with Crippen LogP contribution in [0.5, 0.6) is 11.5 Å². The van der Waals surface area contributed by atoms with Crippen LogP contribution in [-0.4, -0.2) is 98.8 Å². The molecule has 0 N–H and O–H groups in total. The number of piperazine rings is 1. The molecule has 1 aromatic carbocycles. The summed E-state index contributed by atoms with van der Waals surface area (Å²) in [6.45, 7) is 10.8. The number of amides is 2. The van der Waals surface area contributed by atoms with E-state index in [4.69, 9.17) is 14.2 Å². The molecule has 0 bridgehead atoms. The Balaban J connectivity index is 1.56. The minimum Gasteiger partial charge on any atom is -0.490 e. The second-order valence-electron chi connectivity index (χ2n) is 7.92. The molecule has 3 rings (SSSR count). The van der Waals surface area contributed by atoms with Gasteiger partial charge in [0.05, 0.1) is 33.0 Å². The number of carbonyl (C=O) groups excluding carboxylic acids is 2. The van der Waals surface area contributed by atoms with Crippen LogP contribution in [0.25, 0.3) is 0 Å². The molecule has 8 heteroatoms. The van der Waals surface area contributed by atoms with Gasteiger partial charge in [-0.15, -0.1) is 0 Å². The smallest absolute Gasteiger partial charge is 0.254 e. The molecule has 8 nitrogen and oxygen atoms in total. The first-order valence-corrected chi connectivity index (χ1v) is 11.4. The SMILES string of the molecule is CCCOc1ccc(C(=O)N2CCN(C(=O)CN3CCOCC3)CC2)cc1OCCC. The van der Waals surface area contributed by atoms with Gasteiger partial charge in [-0.05, 0) is 31.0 Å². The number of nitrogens with zero attached hydrogens (tertiary/aromatic N) is 3. The molecule has 0 aromatic heterocycles. The van der Waals surface area contributed by atoms with Gasteiger partial charge in [0.2, 0.25) is 5.91 Å². The number of carbonyl (C=O) groups is 2. The molecule has 0 unspecified atom stereocenters. The van der Waals surface area contributed by atoms with Crippen LogP contribution in [0.2, 0.25) is 0 Å². The van der Waals surface area contributed by atoms with E-state index in [9.17, 15) is 9.59 Å². The maximum Gasteiger partial charge on any atom is 0.254 e. The van der Waals surface area contributed by atoms with Gasteiger partial charge in [0.15, 0.2) is 11.5 Å². The maximum absolute atomic E-state index is 13.0. The van der Waals surface area contributed by atoms with Crippen molar-refractivity contribution in [1.29, 1.82) is 0 Å². The van der Waals surface area contributed by atoms with Gasteiger partial charge in [0.1, 0.15) is 0 Å². The predicted molar refractivity (Wildman–Crippen MR) is 118 cm³/mol. The number of hydrogen-bond acceptors (Lipinski definition) is 6.